The van der Waals surface area contributed by atoms with Crippen molar-refractivity contribution in [2.45, 2.75) is 37.4 Å². The molecule has 1 atom stereocenters. The summed E-state index contributed by atoms with van der Waals surface area (Å²) in [5.74, 6) is 0.299. The van der Waals surface area contributed by atoms with E-state index in [0.29, 0.717) is 24.4 Å². The molecule has 0 aliphatic carbocycles. The molecule has 0 saturated heterocycles. The average molecular weight is 529 g/mol. The van der Waals surface area contributed by atoms with Gasteiger partial charge < -0.3 is 9.64 Å². The Kier molecular flexibility index (Phi) is 8.94. The highest BCUT2D eigenvalue weighted by Crippen LogP contribution is 2.22. The molecule has 7 heteroatoms. The van der Waals surface area contributed by atoms with Gasteiger partial charge in [-0.25, -0.2) is 8.42 Å². The van der Waals surface area contributed by atoms with Gasteiger partial charge in [-0.15, -0.1) is 0 Å². The van der Waals surface area contributed by atoms with E-state index in [1.807, 2.05) is 91.0 Å². The standard InChI is InChI=1S/C31H32N2O4S/c1-24-20-28(18-19-30(24)37-2)38(35,36)32-29(21-25-12-6-3-7-13-25)31(34)33(22-26-14-8-4-9-15-26)23-27-16-10-5-11-17-27/h3-20,29,32H,21-23H2,1-2H3. The monoisotopic (exact) mass is 528 g/mol. The zero-order chi connectivity index (χ0) is 27.0. The fraction of sp³-hybridized carbons (Fsp3) is 0.194. The number of rotatable bonds is 11. The predicted molar refractivity (Wildman–Crippen MR) is 149 cm³/mol. The van der Waals surface area contributed by atoms with Crippen molar-refractivity contribution in [3.8, 4) is 5.75 Å². The molecular weight excluding hydrogens is 496 g/mol. The molecule has 0 saturated carbocycles. The van der Waals surface area contributed by atoms with Gasteiger partial charge in [0.2, 0.25) is 15.9 Å². The lowest BCUT2D eigenvalue weighted by atomic mass is 10.0. The summed E-state index contributed by atoms with van der Waals surface area (Å²) in [5, 5.41) is 0. The second-order valence-electron chi connectivity index (χ2n) is 9.16. The van der Waals surface area contributed by atoms with Crippen molar-refractivity contribution in [2.75, 3.05) is 7.11 Å². The molecule has 0 radical (unpaired) electrons. The number of sulfonamides is 1. The number of hydrogen-bond donors (Lipinski definition) is 1. The summed E-state index contributed by atoms with van der Waals surface area (Å²) in [6.45, 7) is 2.48. The number of carbonyl (C=O) groups excluding carboxylic acids is 1. The van der Waals surface area contributed by atoms with Crippen LogP contribution in [0.3, 0.4) is 0 Å². The first kappa shape index (κ1) is 27.1. The van der Waals surface area contributed by atoms with E-state index in [4.69, 9.17) is 4.74 Å². The largest absolute Gasteiger partial charge is 0.496 e. The average Bonchev–Trinajstić information content (AvgIpc) is 2.93. The number of nitrogens with one attached hydrogen (secondary N) is 1. The van der Waals surface area contributed by atoms with Gasteiger partial charge in [0.05, 0.1) is 12.0 Å². The molecule has 1 unspecified atom stereocenters. The number of methoxy groups -OCH3 is 1. The van der Waals surface area contributed by atoms with Gasteiger partial charge in [-0.3, -0.25) is 4.79 Å². The van der Waals surface area contributed by atoms with E-state index >= 15 is 0 Å². The van der Waals surface area contributed by atoms with E-state index in [-0.39, 0.29) is 17.2 Å². The third kappa shape index (κ3) is 7.09. The molecule has 0 aliphatic heterocycles. The molecule has 0 aromatic heterocycles. The molecule has 4 aromatic carbocycles. The fourth-order valence-corrected chi connectivity index (χ4v) is 5.62. The summed E-state index contributed by atoms with van der Waals surface area (Å²) in [6.07, 6.45) is 0.216. The van der Waals surface area contributed by atoms with Crippen LogP contribution < -0.4 is 9.46 Å². The molecule has 0 bridgehead atoms. The predicted octanol–water partition coefficient (Wildman–Crippen LogP) is 5.12. The van der Waals surface area contributed by atoms with Crippen molar-refractivity contribution >= 4 is 15.9 Å². The second-order valence-corrected chi connectivity index (χ2v) is 10.9. The normalized spacial score (nSPS) is 12.1. The Bertz CT molecular complexity index is 1400. The van der Waals surface area contributed by atoms with Gasteiger partial charge in [0.15, 0.2) is 0 Å². The molecule has 4 aromatic rings. The molecule has 4 rings (SSSR count). The number of amides is 1. The molecule has 0 heterocycles. The van der Waals surface area contributed by atoms with Crippen molar-refractivity contribution in [1.29, 1.82) is 0 Å². The van der Waals surface area contributed by atoms with Crippen LogP contribution in [0, 0.1) is 6.92 Å². The molecule has 196 valence electrons. The summed E-state index contributed by atoms with van der Waals surface area (Å²) < 4.78 is 35.0. The van der Waals surface area contributed by atoms with E-state index in [1.54, 1.807) is 24.0 Å². The van der Waals surface area contributed by atoms with Crippen molar-refractivity contribution < 1.29 is 17.9 Å². The number of carbonyl (C=O) groups is 1. The summed E-state index contributed by atoms with van der Waals surface area (Å²) in [4.78, 5) is 15.9. The maximum absolute atomic E-state index is 14.1. The van der Waals surface area contributed by atoms with Gasteiger partial charge in [0.1, 0.15) is 11.8 Å². The highest BCUT2D eigenvalue weighted by Gasteiger charge is 2.30. The maximum atomic E-state index is 14.1. The molecule has 38 heavy (non-hydrogen) atoms. The van der Waals surface area contributed by atoms with E-state index in [1.165, 1.54) is 13.2 Å². The SMILES string of the molecule is COc1ccc(S(=O)(=O)NC(Cc2ccccc2)C(=O)N(Cc2ccccc2)Cc2ccccc2)cc1C. The lowest BCUT2D eigenvalue weighted by Gasteiger charge is -2.28. The molecule has 0 fully saturated rings. The third-order valence-electron chi connectivity index (χ3n) is 6.30. The summed E-state index contributed by atoms with van der Waals surface area (Å²) in [6, 6.07) is 32.5. The van der Waals surface area contributed by atoms with Crippen molar-refractivity contribution in [1.82, 2.24) is 9.62 Å². The van der Waals surface area contributed by atoms with Gasteiger partial charge in [-0.1, -0.05) is 91.0 Å². The van der Waals surface area contributed by atoms with Crippen LogP contribution in [-0.4, -0.2) is 32.4 Å². The number of nitrogens with zero attached hydrogens (tertiary/aromatic N) is 1. The quantitative estimate of drug-likeness (QED) is 0.293. The van der Waals surface area contributed by atoms with Crippen LogP contribution in [0.2, 0.25) is 0 Å². The van der Waals surface area contributed by atoms with Crippen LogP contribution in [0.4, 0.5) is 0 Å². The van der Waals surface area contributed by atoms with Crippen molar-refractivity contribution in [2.24, 2.45) is 0 Å². The Morgan fingerprint density at radius 1 is 0.789 bits per heavy atom. The minimum atomic E-state index is -4.00. The Morgan fingerprint density at radius 3 is 1.76 bits per heavy atom. The lowest BCUT2D eigenvalue weighted by molar-refractivity contribution is -0.134. The smallest absolute Gasteiger partial charge is 0.241 e. The Balaban J connectivity index is 1.68. The number of benzene rings is 4. The van der Waals surface area contributed by atoms with Crippen molar-refractivity contribution in [3.05, 3.63) is 131 Å². The van der Waals surface area contributed by atoms with Crippen LogP contribution in [0.25, 0.3) is 0 Å². The van der Waals surface area contributed by atoms with E-state index in [9.17, 15) is 13.2 Å². The Hall–Kier alpha value is -3.94. The van der Waals surface area contributed by atoms with Gasteiger partial charge in [0, 0.05) is 13.1 Å². The van der Waals surface area contributed by atoms with E-state index < -0.39 is 16.1 Å². The van der Waals surface area contributed by atoms with Gasteiger partial charge >= 0.3 is 0 Å². The molecule has 1 amide bonds. The number of aryl methyl sites for hydroxylation is 1. The minimum Gasteiger partial charge on any atom is -0.496 e. The van der Waals surface area contributed by atoms with E-state index in [0.717, 1.165) is 16.7 Å². The van der Waals surface area contributed by atoms with Crippen LogP contribution in [0.15, 0.2) is 114 Å². The third-order valence-corrected chi connectivity index (χ3v) is 7.77. The van der Waals surface area contributed by atoms with Crippen LogP contribution in [-0.2, 0) is 34.3 Å². The molecule has 0 spiro atoms. The van der Waals surface area contributed by atoms with Gasteiger partial charge in [0.25, 0.3) is 0 Å². The summed E-state index contributed by atoms with van der Waals surface area (Å²) in [7, 11) is -2.47. The number of ether oxygens (including phenoxy) is 1. The van der Waals surface area contributed by atoms with Crippen LogP contribution in [0.5, 0.6) is 5.75 Å². The van der Waals surface area contributed by atoms with Gasteiger partial charge in [-0.2, -0.15) is 4.72 Å². The highest BCUT2D eigenvalue weighted by molar-refractivity contribution is 7.89. The second kappa shape index (κ2) is 12.5. The van der Waals surface area contributed by atoms with Crippen molar-refractivity contribution in [3.63, 3.8) is 0 Å². The molecule has 0 aliphatic rings. The van der Waals surface area contributed by atoms with Crippen LogP contribution in [0.1, 0.15) is 22.3 Å². The zero-order valence-electron chi connectivity index (χ0n) is 21.6. The summed E-state index contributed by atoms with van der Waals surface area (Å²) >= 11 is 0. The zero-order valence-corrected chi connectivity index (χ0v) is 22.4. The molecule has 6 nitrogen and oxygen atoms in total. The topological polar surface area (TPSA) is 75.7 Å². The first-order chi connectivity index (χ1) is 18.4. The Morgan fingerprint density at radius 2 is 1.29 bits per heavy atom. The molecule has 1 N–H and O–H groups in total. The maximum Gasteiger partial charge on any atom is 0.241 e. The van der Waals surface area contributed by atoms with Gasteiger partial charge in [-0.05, 0) is 53.8 Å². The van der Waals surface area contributed by atoms with Crippen LogP contribution >= 0.6 is 0 Å². The lowest BCUT2D eigenvalue weighted by Crippen LogP contribution is -2.49. The first-order valence-electron chi connectivity index (χ1n) is 12.4. The fourth-order valence-electron chi connectivity index (χ4n) is 4.34. The number of hydrogen-bond acceptors (Lipinski definition) is 4. The Labute approximate surface area is 225 Å². The first-order valence-corrected chi connectivity index (χ1v) is 13.9. The highest BCUT2D eigenvalue weighted by atomic mass is 32.2. The summed E-state index contributed by atoms with van der Waals surface area (Å²) in [5.41, 5.74) is 3.47. The minimum absolute atomic E-state index is 0.0827. The van der Waals surface area contributed by atoms with E-state index in [2.05, 4.69) is 4.72 Å². The molecular formula is C31H32N2O4S.